The lowest BCUT2D eigenvalue weighted by Gasteiger charge is -2.23. The molecule has 1 aliphatic rings. The van der Waals surface area contributed by atoms with Crippen LogP contribution in [0.2, 0.25) is 0 Å². The van der Waals surface area contributed by atoms with Crippen LogP contribution in [0.5, 0.6) is 0 Å². The van der Waals surface area contributed by atoms with Crippen LogP contribution in [-0.4, -0.2) is 48.9 Å². The fourth-order valence-corrected chi connectivity index (χ4v) is 4.10. The molecule has 1 aromatic carbocycles. The van der Waals surface area contributed by atoms with Crippen LogP contribution < -0.4 is 16.0 Å². The lowest BCUT2D eigenvalue weighted by atomic mass is 10.1. The zero-order valence-electron chi connectivity index (χ0n) is 18.9. The maximum atomic E-state index is 12.9. The number of anilines is 1. The molecule has 4 aromatic rings. The average Bonchev–Trinajstić information content (AvgIpc) is 3.45. The summed E-state index contributed by atoms with van der Waals surface area (Å²) < 4.78 is 3.56. The Labute approximate surface area is 199 Å². The fourth-order valence-electron chi connectivity index (χ4n) is 4.10. The van der Waals surface area contributed by atoms with Gasteiger partial charge in [0.2, 0.25) is 0 Å². The van der Waals surface area contributed by atoms with Crippen molar-refractivity contribution in [3.63, 3.8) is 0 Å². The van der Waals surface area contributed by atoms with E-state index in [1.54, 1.807) is 35.3 Å². The largest absolute Gasteiger partial charge is 0.465 e. The summed E-state index contributed by atoms with van der Waals surface area (Å²) in [7, 11) is 0. The molecule has 0 radical (unpaired) electrons. The number of hydrogen-bond donors (Lipinski definition) is 4. The Hall–Kier alpha value is -4.67. The average molecular weight is 473 g/mol. The number of hydrogen-bond acceptors (Lipinski definition) is 5. The number of carbonyl (C=O) groups is 3. The zero-order valence-corrected chi connectivity index (χ0v) is 18.9. The van der Waals surface area contributed by atoms with Crippen LogP contribution >= 0.6 is 0 Å². The Morgan fingerprint density at radius 2 is 1.94 bits per heavy atom. The van der Waals surface area contributed by atoms with Crippen molar-refractivity contribution in [1.29, 1.82) is 0 Å². The second-order valence-electron chi connectivity index (χ2n) is 8.42. The molecule has 5 rings (SSSR count). The predicted molar refractivity (Wildman–Crippen MR) is 127 cm³/mol. The first-order valence-electron chi connectivity index (χ1n) is 11.1. The van der Waals surface area contributed by atoms with Gasteiger partial charge in [0.05, 0.1) is 24.5 Å². The first-order chi connectivity index (χ1) is 16.9. The number of nitrogens with one attached hydrogen (secondary N) is 3. The van der Waals surface area contributed by atoms with Gasteiger partial charge in [0.1, 0.15) is 17.0 Å². The van der Waals surface area contributed by atoms with Crippen molar-refractivity contribution in [2.75, 3.05) is 11.9 Å². The zero-order chi connectivity index (χ0) is 24.5. The molecule has 11 heteroatoms. The van der Waals surface area contributed by atoms with Crippen molar-refractivity contribution in [2.45, 2.75) is 26.1 Å². The van der Waals surface area contributed by atoms with Gasteiger partial charge in [-0.25, -0.2) is 9.78 Å². The van der Waals surface area contributed by atoms with Crippen molar-refractivity contribution in [3.8, 4) is 0 Å². The summed E-state index contributed by atoms with van der Waals surface area (Å²) in [5, 5.41) is 21.8. The van der Waals surface area contributed by atoms with Crippen LogP contribution in [0.15, 0.2) is 54.9 Å². The number of benzene rings is 1. The lowest BCUT2D eigenvalue weighted by Crippen LogP contribution is -2.37. The second kappa shape index (κ2) is 8.93. The summed E-state index contributed by atoms with van der Waals surface area (Å²) in [5.41, 5.74) is 3.75. The standard InChI is InChI=1S/C24H23N7O4/c1-14-9-25-23(33)20-8-17-6-7-19(29-21(17)31(14)20)22(32)28-18-11-27-30(13-18)12-16-4-2-15(3-5-16)10-26-24(34)35/h2-8,11,13-14,26H,9-10,12H2,1H3,(H,25,33)(H,28,32)(H,34,35)/t14-/m1/s1. The van der Waals surface area contributed by atoms with Crippen LogP contribution in [0.3, 0.4) is 0 Å². The Morgan fingerprint density at radius 1 is 1.17 bits per heavy atom. The number of nitrogens with zero attached hydrogens (tertiary/aromatic N) is 4. The quantitative estimate of drug-likeness (QED) is 0.339. The topological polar surface area (TPSA) is 143 Å². The summed E-state index contributed by atoms with van der Waals surface area (Å²) in [4.78, 5) is 40.2. The minimum absolute atomic E-state index is 0.0340. The number of rotatable bonds is 6. The maximum Gasteiger partial charge on any atom is 0.404 e. The van der Waals surface area contributed by atoms with Gasteiger partial charge in [0, 0.05) is 24.7 Å². The third kappa shape index (κ3) is 4.56. The number of carbonyl (C=O) groups excluding carboxylic acids is 2. The number of pyridine rings is 1. The van der Waals surface area contributed by atoms with Crippen LogP contribution in [0.1, 0.15) is 45.1 Å². The number of fused-ring (bicyclic) bond motifs is 3. The molecule has 0 spiro atoms. The highest BCUT2D eigenvalue weighted by Crippen LogP contribution is 2.25. The van der Waals surface area contributed by atoms with Crippen molar-refractivity contribution in [1.82, 2.24) is 30.0 Å². The summed E-state index contributed by atoms with van der Waals surface area (Å²) in [6.45, 7) is 3.23. The van der Waals surface area contributed by atoms with Gasteiger partial charge in [0.15, 0.2) is 0 Å². The highest BCUT2D eigenvalue weighted by molar-refractivity contribution is 6.04. The Bertz CT molecular complexity index is 1440. The maximum absolute atomic E-state index is 12.9. The van der Waals surface area contributed by atoms with Gasteiger partial charge >= 0.3 is 6.09 Å². The van der Waals surface area contributed by atoms with Gasteiger partial charge in [-0.2, -0.15) is 5.10 Å². The first-order valence-corrected chi connectivity index (χ1v) is 11.1. The van der Waals surface area contributed by atoms with Crippen LogP contribution in [0.25, 0.3) is 11.0 Å². The van der Waals surface area contributed by atoms with E-state index >= 15 is 0 Å². The molecule has 1 aliphatic heterocycles. The van der Waals surface area contributed by atoms with Crippen molar-refractivity contribution in [2.24, 2.45) is 0 Å². The lowest BCUT2D eigenvalue weighted by molar-refractivity contribution is 0.0918. The van der Waals surface area contributed by atoms with Gasteiger partial charge in [-0.15, -0.1) is 0 Å². The molecule has 0 unspecified atom stereocenters. The van der Waals surface area contributed by atoms with Crippen molar-refractivity contribution in [3.05, 3.63) is 77.4 Å². The van der Waals surface area contributed by atoms with E-state index in [2.05, 4.69) is 26.0 Å². The van der Waals surface area contributed by atoms with E-state index in [0.29, 0.717) is 30.1 Å². The fraction of sp³-hybridized carbons (Fsp3) is 0.208. The van der Waals surface area contributed by atoms with Crippen molar-refractivity contribution >= 4 is 34.6 Å². The summed E-state index contributed by atoms with van der Waals surface area (Å²) >= 11 is 0. The molecular formula is C24H23N7O4. The van der Waals surface area contributed by atoms with E-state index in [9.17, 15) is 14.4 Å². The summed E-state index contributed by atoms with van der Waals surface area (Å²) in [5.74, 6) is -0.517. The number of carboxylic acid groups (broad SMARTS) is 1. The summed E-state index contributed by atoms with van der Waals surface area (Å²) in [6.07, 6.45) is 2.22. The van der Waals surface area contributed by atoms with E-state index in [0.717, 1.165) is 16.5 Å². The molecule has 35 heavy (non-hydrogen) atoms. The minimum Gasteiger partial charge on any atom is -0.465 e. The molecule has 0 saturated carbocycles. The smallest absolute Gasteiger partial charge is 0.404 e. The van der Waals surface area contributed by atoms with Crippen molar-refractivity contribution < 1.29 is 19.5 Å². The monoisotopic (exact) mass is 473 g/mol. The number of aromatic nitrogens is 4. The van der Waals surface area contributed by atoms with Gasteiger partial charge in [-0.05, 0) is 36.2 Å². The van der Waals surface area contributed by atoms with E-state index in [-0.39, 0.29) is 30.1 Å². The molecule has 1 atom stereocenters. The van der Waals surface area contributed by atoms with Gasteiger partial charge < -0.3 is 25.6 Å². The number of amides is 3. The van der Waals surface area contributed by atoms with Gasteiger partial charge in [-0.1, -0.05) is 24.3 Å². The van der Waals surface area contributed by atoms with E-state index < -0.39 is 6.09 Å². The molecule has 3 amide bonds. The van der Waals surface area contributed by atoms with Crippen LogP contribution in [-0.2, 0) is 13.1 Å². The minimum atomic E-state index is -1.06. The molecular weight excluding hydrogens is 450 g/mol. The van der Waals surface area contributed by atoms with Crippen LogP contribution in [0, 0.1) is 0 Å². The molecule has 4 heterocycles. The highest BCUT2D eigenvalue weighted by Gasteiger charge is 2.25. The molecule has 0 saturated heterocycles. The van der Waals surface area contributed by atoms with Gasteiger partial charge in [-0.3, -0.25) is 14.3 Å². The molecule has 178 valence electrons. The molecule has 0 aliphatic carbocycles. The second-order valence-corrected chi connectivity index (χ2v) is 8.42. The third-order valence-electron chi connectivity index (χ3n) is 5.85. The molecule has 0 bridgehead atoms. The third-order valence-corrected chi connectivity index (χ3v) is 5.85. The predicted octanol–water partition coefficient (Wildman–Crippen LogP) is 2.61. The van der Waals surface area contributed by atoms with Gasteiger partial charge in [0.25, 0.3) is 11.8 Å². The Morgan fingerprint density at radius 3 is 2.71 bits per heavy atom. The summed E-state index contributed by atoms with van der Waals surface area (Å²) in [6, 6.07) is 12.8. The Balaban J connectivity index is 1.27. The Kier molecular flexibility index (Phi) is 5.65. The molecule has 0 fully saturated rings. The molecule has 3 aromatic heterocycles. The first kappa shape index (κ1) is 22.1. The molecule has 11 nitrogen and oxygen atoms in total. The van der Waals surface area contributed by atoms with E-state index in [1.165, 1.54) is 0 Å². The van der Waals surface area contributed by atoms with E-state index in [4.69, 9.17) is 5.11 Å². The molecule has 4 N–H and O–H groups in total. The highest BCUT2D eigenvalue weighted by atomic mass is 16.4. The van der Waals surface area contributed by atoms with E-state index in [1.807, 2.05) is 35.8 Å². The SMILES string of the molecule is C[C@@H]1CNC(=O)c2cc3ccc(C(=O)Nc4cnn(Cc5ccc(CNC(=O)O)cc5)c4)nc3n21. The normalized spacial score (nSPS) is 14.9. The van der Waals surface area contributed by atoms with Crippen LogP contribution in [0.4, 0.5) is 10.5 Å².